The summed E-state index contributed by atoms with van der Waals surface area (Å²) >= 11 is 0. The van der Waals surface area contributed by atoms with E-state index < -0.39 is 0 Å². The van der Waals surface area contributed by atoms with Crippen LogP contribution in [0.3, 0.4) is 0 Å². The van der Waals surface area contributed by atoms with Crippen LogP contribution in [0.4, 0.5) is 0 Å². The Balaban J connectivity index is 1.76. The van der Waals surface area contributed by atoms with Crippen LogP contribution in [-0.2, 0) is 6.42 Å². The molecule has 0 saturated carbocycles. The van der Waals surface area contributed by atoms with Gasteiger partial charge in [0.25, 0.3) is 0 Å². The summed E-state index contributed by atoms with van der Waals surface area (Å²) in [4.78, 5) is 0. The zero-order valence-electron chi connectivity index (χ0n) is 18.6. The fourth-order valence-corrected chi connectivity index (χ4v) is 4.20. The Bertz CT molecular complexity index is 875. The summed E-state index contributed by atoms with van der Waals surface area (Å²) in [5, 5.41) is 0. The second kappa shape index (κ2) is 12.3. The molecule has 1 unspecified atom stereocenters. The molecule has 0 aromatic heterocycles. The van der Waals surface area contributed by atoms with E-state index in [1.54, 1.807) is 0 Å². The van der Waals surface area contributed by atoms with Gasteiger partial charge in [-0.15, -0.1) is 0 Å². The highest BCUT2D eigenvalue weighted by molar-refractivity contribution is 6.38. The van der Waals surface area contributed by atoms with Gasteiger partial charge in [-0.25, -0.2) is 0 Å². The first-order valence-electron chi connectivity index (χ1n) is 11.7. The summed E-state index contributed by atoms with van der Waals surface area (Å²) in [7, 11) is 1.23. The molecule has 156 valence electrons. The van der Waals surface area contributed by atoms with E-state index in [-0.39, 0.29) is 0 Å². The number of ether oxygens (including phenoxy) is 1. The first-order chi connectivity index (χ1) is 14.8. The molecule has 0 aliphatic carbocycles. The molecule has 0 heterocycles. The molecule has 0 saturated heterocycles. The maximum absolute atomic E-state index is 5.97. The van der Waals surface area contributed by atoms with Crippen LogP contribution in [0.15, 0.2) is 78.9 Å². The normalized spacial score (nSPS) is 11.8. The lowest BCUT2D eigenvalue weighted by atomic mass is 9.56. The van der Waals surface area contributed by atoms with E-state index in [2.05, 4.69) is 92.7 Å². The van der Waals surface area contributed by atoms with Crippen LogP contribution in [0.5, 0.6) is 5.75 Å². The fourth-order valence-electron chi connectivity index (χ4n) is 4.20. The second-order valence-electron chi connectivity index (χ2n) is 8.18. The quantitative estimate of drug-likeness (QED) is 0.227. The zero-order chi connectivity index (χ0) is 21.0. The molecule has 0 radical (unpaired) electrons. The highest BCUT2D eigenvalue weighted by Gasteiger charge is 2.17. The summed E-state index contributed by atoms with van der Waals surface area (Å²) in [6.45, 7) is 5.29. The third-order valence-corrected chi connectivity index (χ3v) is 5.81. The van der Waals surface area contributed by atoms with Crippen molar-refractivity contribution in [3.05, 3.63) is 90.0 Å². The number of aryl methyl sites for hydroxylation is 1. The van der Waals surface area contributed by atoms with Crippen molar-refractivity contribution in [2.75, 3.05) is 6.61 Å². The predicted molar refractivity (Wildman–Crippen MR) is 132 cm³/mol. The highest BCUT2D eigenvalue weighted by atomic mass is 16.5. The van der Waals surface area contributed by atoms with E-state index >= 15 is 0 Å². The summed E-state index contributed by atoms with van der Waals surface area (Å²) in [6, 6.07) is 28.5. The van der Waals surface area contributed by atoms with Gasteiger partial charge in [-0.05, 0) is 53.0 Å². The van der Waals surface area contributed by atoms with Crippen LogP contribution in [0.25, 0.3) is 11.1 Å². The van der Waals surface area contributed by atoms with Crippen LogP contribution in [0.2, 0.25) is 6.32 Å². The van der Waals surface area contributed by atoms with Gasteiger partial charge in [0.1, 0.15) is 13.0 Å². The molecule has 1 atom stereocenters. The Kier molecular flexibility index (Phi) is 9.09. The first-order valence-corrected chi connectivity index (χ1v) is 11.7. The number of hydrogen-bond donors (Lipinski definition) is 0. The maximum Gasteiger partial charge on any atom is 0.130 e. The minimum atomic E-state index is 0.597. The Morgan fingerprint density at radius 3 is 2.43 bits per heavy atom. The SMILES string of the molecule is CCCCOc1cccc(-c2ccccc2C(BCCc2ccccc2)CCC)c1. The molecule has 30 heavy (non-hydrogen) atoms. The molecule has 3 rings (SSSR count). The van der Waals surface area contributed by atoms with Crippen LogP contribution >= 0.6 is 0 Å². The molecular weight excluding hydrogens is 363 g/mol. The van der Waals surface area contributed by atoms with Gasteiger partial charge in [0.2, 0.25) is 0 Å². The van der Waals surface area contributed by atoms with Crippen LogP contribution in [0, 0.1) is 0 Å². The number of benzene rings is 3. The molecule has 0 amide bonds. The van der Waals surface area contributed by atoms with Gasteiger partial charge in [0.15, 0.2) is 0 Å². The fraction of sp³-hybridized carbons (Fsp3) is 0.357. The second-order valence-corrected chi connectivity index (χ2v) is 8.18. The smallest absolute Gasteiger partial charge is 0.130 e. The van der Waals surface area contributed by atoms with Crippen molar-refractivity contribution in [3.63, 3.8) is 0 Å². The van der Waals surface area contributed by atoms with E-state index in [0.29, 0.717) is 5.82 Å². The topological polar surface area (TPSA) is 9.23 Å². The predicted octanol–water partition coefficient (Wildman–Crippen LogP) is 7.47. The van der Waals surface area contributed by atoms with E-state index in [9.17, 15) is 0 Å². The Hall–Kier alpha value is -2.48. The maximum atomic E-state index is 5.97. The third kappa shape index (κ3) is 6.52. The lowest BCUT2D eigenvalue weighted by molar-refractivity contribution is 0.309. The van der Waals surface area contributed by atoms with E-state index in [0.717, 1.165) is 31.6 Å². The van der Waals surface area contributed by atoms with Crippen LogP contribution < -0.4 is 4.74 Å². The molecular formula is C28H35BO. The minimum absolute atomic E-state index is 0.597. The van der Waals surface area contributed by atoms with Crippen molar-refractivity contribution in [2.24, 2.45) is 0 Å². The van der Waals surface area contributed by atoms with Crippen molar-refractivity contribution in [2.45, 2.75) is 58.1 Å². The van der Waals surface area contributed by atoms with E-state index in [4.69, 9.17) is 4.74 Å². The Morgan fingerprint density at radius 2 is 1.63 bits per heavy atom. The van der Waals surface area contributed by atoms with E-state index in [1.807, 2.05) is 0 Å². The van der Waals surface area contributed by atoms with Gasteiger partial charge >= 0.3 is 0 Å². The van der Waals surface area contributed by atoms with Crippen molar-refractivity contribution >= 4 is 7.28 Å². The molecule has 0 bridgehead atoms. The van der Waals surface area contributed by atoms with Crippen LogP contribution in [0.1, 0.15) is 56.5 Å². The molecule has 0 spiro atoms. The van der Waals surface area contributed by atoms with Gasteiger partial charge in [-0.2, -0.15) is 0 Å². The summed E-state index contributed by atoms with van der Waals surface area (Å²) in [6.07, 6.45) is 7.08. The Labute approximate surface area is 183 Å². The van der Waals surface area contributed by atoms with Crippen molar-refractivity contribution in [3.8, 4) is 16.9 Å². The van der Waals surface area contributed by atoms with Gasteiger partial charge in [0.05, 0.1) is 6.61 Å². The minimum Gasteiger partial charge on any atom is -0.494 e. The van der Waals surface area contributed by atoms with Crippen molar-refractivity contribution < 1.29 is 4.74 Å². The van der Waals surface area contributed by atoms with E-state index in [1.165, 1.54) is 48.7 Å². The summed E-state index contributed by atoms with van der Waals surface area (Å²) in [5.74, 6) is 1.58. The molecule has 2 heteroatoms. The average molecular weight is 398 g/mol. The average Bonchev–Trinajstić information content (AvgIpc) is 2.80. The monoisotopic (exact) mass is 398 g/mol. The first kappa shape index (κ1) is 22.2. The molecule has 1 nitrogen and oxygen atoms in total. The largest absolute Gasteiger partial charge is 0.494 e. The summed E-state index contributed by atoms with van der Waals surface area (Å²) in [5.41, 5.74) is 5.55. The van der Waals surface area contributed by atoms with Crippen LogP contribution in [-0.4, -0.2) is 13.9 Å². The van der Waals surface area contributed by atoms with Gasteiger partial charge in [0, 0.05) is 0 Å². The molecule has 0 fully saturated rings. The number of rotatable bonds is 12. The highest BCUT2D eigenvalue weighted by Crippen LogP contribution is 2.33. The molecule has 0 aliphatic rings. The Morgan fingerprint density at radius 1 is 0.833 bits per heavy atom. The number of hydrogen-bond acceptors (Lipinski definition) is 1. The molecule has 3 aromatic rings. The zero-order valence-corrected chi connectivity index (χ0v) is 18.6. The lowest BCUT2D eigenvalue weighted by Crippen LogP contribution is -2.10. The molecule has 3 aromatic carbocycles. The van der Waals surface area contributed by atoms with Crippen molar-refractivity contribution in [1.29, 1.82) is 0 Å². The molecule has 0 aliphatic heterocycles. The lowest BCUT2D eigenvalue weighted by Gasteiger charge is -2.20. The van der Waals surface area contributed by atoms with Crippen molar-refractivity contribution in [1.82, 2.24) is 0 Å². The number of unbranched alkanes of at least 4 members (excludes halogenated alkanes) is 1. The molecule has 0 N–H and O–H groups in total. The summed E-state index contributed by atoms with van der Waals surface area (Å²) < 4.78 is 5.97. The van der Waals surface area contributed by atoms with Gasteiger partial charge < -0.3 is 4.74 Å². The standard InChI is InChI=1S/C28H35BO/c1-3-5-21-30-25-16-11-15-24(22-25)26-17-9-10-18-27(26)28(12-4-2)29-20-19-23-13-7-6-8-14-23/h6-11,13-18,22,28-29H,3-5,12,19-21H2,1-2H3. The van der Waals surface area contributed by atoms with Gasteiger partial charge in [-0.1, -0.05) is 106 Å². The third-order valence-electron chi connectivity index (χ3n) is 5.81. The van der Waals surface area contributed by atoms with Gasteiger partial charge in [-0.3, -0.25) is 0 Å².